The normalized spacial score (nSPS) is 19.6. The summed E-state index contributed by atoms with van der Waals surface area (Å²) in [6.07, 6.45) is 0. The minimum atomic E-state index is -0.803. The third-order valence-corrected chi connectivity index (χ3v) is 5.25. The number of hydrogen-bond acceptors (Lipinski definition) is 8. The molecule has 148 valence electrons. The van der Waals surface area contributed by atoms with Gasteiger partial charge in [-0.3, -0.25) is 9.59 Å². The van der Waals surface area contributed by atoms with Gasteiger partial charge in [0.15, 0.2) is 11.7 Å². The third kappa shape index (κ3) is 3.75. The fourth-order valence-electron chi connectivity index (χ4n) is 2.71. The lowest BCUT2D eigenvalue weighted by molar-refractivity contribution is -0.407. The molecule has 0 fully saturated rings. The molecule has 0 aliphatic carbocycles. The van der Waals surface area contributed by atoms with Gasteiger partial charge in [-0.1, -0.05) is 35.8 Å². The number of amidine groups is 2. The molecule has 1 N–H and O–H groups in total. The van der Waals surface area contributed by atoms with Crippen LogP contribution in [0.4, 0.5) is 10.6 Å². The smallest absolute Gasteiger partial charge is 0.360 e. The summed E-state index contributed by atoms with van der Waals surface area (Å²) in [6, 6.07) is 1.16. The van der Waals surface area contributed by atoms with E-state index in [0.717, 1.165) is 16.7 Å². The summed E-state index contributed by atoms with van der Waals surface area (Å²) in [5.41, 5.74) is 0. The Morgan fingerprint density at radius 1 is 1.39 bits per heavy atom. The number of nitrogens with one attached hydrogen (secondary N) is 1. The zero-order valence-corrected chi connectivity index (χ0v) is 17.0. The number of carbonyl (C=O) groups is 3. The first-order valence-electron chi connectivity index (χ1n) is 8.64. The van der Waals surface area contributed by atoms with E-state index in [1.807, 2.05) is 13.8 Å². The second kappa shape index (κ2) is 7.66. The van der Waals surface area contributed by atoms with Crippen molar-refractivity contribution in [2.24, 2.45) is 21.8 Å². The quantitative estimate of drug-likeness (QED) is 0.756. The van der Waals surface area contributed by atoms with Crippen molar-refractivity contribution < 1.29 is 23.5 Å². The number of nitrogens with zero attached hydrogens (tertiary/aromatic N) is 5. The highest BCUT2D eigenvalue weighted by Crippen LogP contribution is 2.26. The van der Waals surface area contributed by atoms with E-state index < -0.39 is 17.9 Å². The molecule has 1 unspecified atom stereocenters. The number of thioether (sulfide) groups is 1. The zero-order chi connectivity index (χ0) is 20.6. The lowest BCUT2D eigenvalue weighted by atomic mass is 10.0. The van der Waals surface area contributed by atoms with E-state index in [-0.39, 0.29) is 17.6 Å². The highest BCUT2D eigenvalue weighted by Gasteiger charge is 2.49. The molecule has 0 aromatic carbocycles. The largest absolute Gasteiger partial charge is 0.445 e. The first-order chi connectivity index (χ1) is 13.2. The summed E-state index contributed by atoms with van der Waals surface area (Å²) in [6.45, 7) is 5.56. The van der Waals surface area contributed by atoms with Crippen LogP contribution in [0.2, 0.25) is 0 Å². The van der Waals surface area contributed by atoms with Crippen LogP contribution in [0.5, 0.6) is 0 Å². The molecule has 1 aromatic heterocycles. The molecule has 1 aromatic rings. The molecule has 3 rings (SSSR count). The molecule has 4 amide bonds. The number of hydrogen-bond donors (Lipinski definition) is 1. The van der Waals surface area contributed by atoms with Crippen LogP contribution in [-0.4, -0.2) is 69.0 Å². The van der Waals surface area contributed by atoms with Gasteiger partial charge in [-0.05, 0) is 6.92 Å². The van der Waals surface area contributed by atoms with E-state index in [1.54, 1.807) is 20.0 Å². The number of imide groups is 1. The second-order valence-electron chi connectivity index (χ2n) is 6.76. The van der Waals surface area contributed by atoms with Crippen LogP contribution < -0.4 is 5.32 Å². The molecular formula is C17H21N6O4S+. The fraction of sp³-hybridized carbons (Fsp3) is 0.471. The van der Waals surface area contributed by atoms with Crippen LogP contribution in [0, 0.1) is 18.8 Å². The van der Waals surface area contributed by atoms with Gasteiger partial charge in [-0.15, -0.1) is 0 Å². The van der Waals surface area contributed by atoms with Crippen molar-refractivity contribution in [3.63, 3.8) is 0 Å². The number of fused-ring (bicyclic) bond motifs is 1. The Kier molecular flexibility index (Phi) is 5.45. The Balaban J connectivity index is 1.84. The Labute approximate surface area is 165 Å². The van der Waals surface area contributed by atoms with Crippen LogP contribution in [0.3, 0.4) is 0 Å². The summed E-state index contributed by atoms with van der Waals surface area (Å²) in [5.74, 6) is 0.246. The highest BCUT2D eigenvalue weighted by atomic mass is 32.2. The Bertz CT molecular complexity index is 945. The molecule has 1 atom stereocenters. The van der Waals surface area contributed by atoms with Crippen LogP contribution in [0.1, 0.15) is 19.6 Å². The average Bonchev–Trinajstić information content (AvgIpc) is 3.06. The van der Waals surface area contributed by atoms with Crippen molar-refractivity contribution in [2.45, 2.75) is 20.8 Å². The molecule has 10 nitrogen and oxygen atoms in total. The van der Waals surface area contributed by atoms with Gasteiger partial charge in [-0.25, -0.2) is 9.79 Å². The van der Waals surface area contributed by atoms with Crippen molar-refractivity contribution in [1.29, 1.82) is 0 Å². The first-order valence-corrected chi connectivity index (χ1v) is 9.62. The van der Waals surface area contributed by atoms with E-state index in [4.69, 9.17) is 4.52 Å². The number of aryl methyl sites for hydroxylation is 1. The predicted molar refractivity (Wildman–Crippen MR) is 105 cm³/mol. The molecule has 0 bridgehead atoms. The highest BCUT2D eigenvalue weighted by molar-refractivity contribution is 8.14. The van der Waals surface area contributed by atoms with Crippen LogP contribution in [-0.2, 0) is 9.59 Å². The molecule has 28 heavy (non-hydrogen) atoms. The van der Waals surface area contributed by atoms with Gasteiger partial charge in [0.25, 0.3) is 5.84 Å². The maximum Gasteiger partial charge on any atom is 0.445 e. The van der Waals surface area contributed by atoms with Gasteiger partial charge in [0.1, 0.15) is 10.8 Å². The Morgan fingerprint density at radius 2 is 2.11 bits per heavy atom. The summed E-state index contributed by atoms with van der Waals surface area (Å²) < 4.78 is 6.27. The second-order valence-corrected chi connectivity index (χ2v) is 7.76. The van der Waals surface area contributed by atoms with E-state index in [0.29, 0.717) is 28.3 Å². The van der Waals surface area contributed by atoms with Gasteiger partial charge in [0, 0.05) is 12.0 Å². The van der Waals surface area contributed by atoms with Crippen molar-refractivity contribution in [1.82, 2.24) is 10.1 Å². The monoisotopic (exact) mass is 405 g/mol. The lowest BCUT2D eigenvalue weighted by Gasteiger charge is -2.26. The van der Waals surface area contributed by atoms with Crippen molar-refractivity contribution in [2.75, 3.05) is 25.2 Å². The maximum absolute atomic E-state index is 12.7. The molecule has 0 saturated heterocycles. The Morgan fingerprint density at radius 3 is 2.71 bits per heavy atom. The molecule has 0 saturated carbocycles. The topological polar surface area (TPSA) is 120 Å². The van der Waals surface area contributed by atoms with Crippen molar-refractivity contribution in [3.05, 3.63) is 11.8 Å². The van der Waals surface area contributed by atoms with Gasteiger partial charge in [0.2, 0.25) is 11.7 Å². The number of anilines is 1. The van der Waals surface area contributed by atoms with Gasteiger partial charge in [-0.2, -0.15) is 9.48 Å². The zero-order valence-electron chi connectivity index (χ0n) is 16.2. The number of aromatic nitrogens is 1. The molecule has 3 heterocycles. The average molecular weight is 405 g/mol. The van der Waals surface area contributed by atoms with Crippen LogP contribution >= 0.6 is 11.8 Å². The lowest BCUT2D eigenvalue weighted by Crippen LogP contribution is -2.55. The number of amides is 4. The standard InChI is InChI=1S/C17H20N6O4S/c1-8(2)13-19-14-12(16(25)23(5)17(26)22(14)4)15(20-13)28-7-11(24)18-10-6-9(3)27-21-10/h6,8,12H,7H2,1-5H3/p+1. The SMILES string of the molecule is Cc1cc(NC(=O)CSC2=NC(C(C)C)=NC3=[N+](C)C(=O)N(C)C(=O)C23)no1. The molecule has 11 heteroatoms. The predicted octanol–water partition coefficient (Wildman–Crippen LogP) is 1.37. The summed E-state index contributed by atoms with van der Waals surface area (Å²) in [5, 5.41) is 6.79. The first kappa shape index (κ1) is 19.9. The van der Waals surface area contributed by atoms with Gasteiger partial charge < -0.3 is 9.84 Å². The van der Waals surface area contributed by atoms with Crippen molar-refractivity contribution >= 4 is 52.1 Å². The van der Waals surface area contributed by atoms with E-state index in [1.165, 1.54) is 11.6 Å². The fourth-order valence-corrected chi connectivity index (χ4v) is 3.59. The van der Waals surface area contributed by atoms with E-state index >= 15 is 0 Å². The minimum Gasteiger partial charge on any atom is -0.360 e. The summed E-state index contributed by atoms with van der Waals surface area (Å²) in [4.78, 5) is 47.2. The molecule has 0 radical (unpaired) electrons. The Hall–Kier alpha value is -2.82. The van der Waals surface area contributed by atoms with E-state index in [2.05, 4.69) is 20.5 Å². The molecule has 2 aliphatic rings. The molecular weight excluding hydrogens is 384 g/mol. The van der Waals surface area contributed by atoms with Gasteiger partial charge >= 0.3 is 11.9 Å². The van der Waals surface area contributed by atoms with Crippen LogP contribution in [0.15, 0.2) is 20.6 Å². The van der Waals surface area contributed by atoms with Gasteiger partial charge in [0.05, 0.1) is 19.8 Å². The number of carbonyl (C=O) groups excluding carboxylic acids is 3. The number of urea groups is 1. The summed E-state index contributed by atoms with van der Waals surface area (Å²) >= 11 is 1.14. The third-order valence-electron chi connectivity index (χ3n) is 4.22. The summed E-state index contributed by atoms with van der Waals surface area (Å²) in [7, 11) is 2.99. The number of aliphatic imine (C=N–C) groups is 2. The van der Waals surface area contributed by atoms with Crippen molar-refractivity contribution in [3.8, 4) is 0 Å². The minimum absolute atomic E-state index is 0.00533. The molecule has 2 aliphatic heterocycles. The maximum atomic E-state index is 12.7. The van der Waals surface area contributed by atoms with E-state index in [9.17, 15) is 14.4 Å². The van der Waals surface area contributed by atoms with Crippen LogP contribution in [0.25, 0.3) is 0 Å². The number of rotatable bonds is 4. The molecule has 0 spiro atoms.